The van der Waals surface area contributed by atoms with Crippen LogP contribution >= 0.6 is 0 Å². The van der Waals surface area contributed by atoms with Gasteiger partial charge in [-0.25, -0.2) is 0 Å². The number of carbonyl (C=O) groups excluding carboxylic acids is 1. The second kappa shape index (κ2) is 6.02. The first-order valence-corrected chi connectivity index (χ1v) is 7.32. The molecule has 1 saturated carbocycles. The monoisotopic (exact) mass is 254 g/mol. The normalized spacial score (nSPS) is 37.2. The van der Waals surface area contributed by atoms with Crippen LogP contribution in [0.5, 0.6) is 0 Å². The van der Waals surface area contributed by atoms with Crippen LogP contribution < -0.4 is 10.6 Å². The molecule has 4 nitrogen and oxygen atoms in total. The molecule has 1 saturated heterocycles. The molecule has 0 unspecified atom stereocenters. The minimum absolute atomic E-state index is 0.0511. The summed E-state index contributed by atoms with van der Waals surface area (Å²) in [4.78, 5) is 12.0. The molecule has 1 amide bonds. The number of aliphatic hydroxyl groups is 1. The average Bonchev–Trinajstić information content (AvgIpc) is 2.41. The van der Waals surface area contributed by atoms with E-state index in [0.717, 1.165) is 51.5 Å². The third-order valence-corrected chi connectivity index (χ3v) is 4.42. The number of rotatable bonds is 3. The maximum atomic E-state index is 12.0. The van der Waals surface area contributed by atoms with Crippen molar-refractivity contribution < 1.29 is 9.90 Å². The lowest BCUT2D eigenvalue weighted by Crippen LogP contribution is -2.51. The maximum Gasteiger partial charge on any atom is 0.237 e. The molecule has 0 radical (unpaired) electrons. The van der Waals surface area contributed by atoms with E-state index < -0.39 is 5.60 Å². The number of hydrogen-bond acceptors (Lipinski definition) is 3. The third kappa shape index (κ3) is 3.69. The molecule has 0 spiro atoms. The lowest BCUT2D eigenvalue weighted by molar-refractivity contribution is -0.125. The molecule has 0 aromatic heterocycles. The SMILES string of the molecule is CC1CCC(O)(CNC(=O)[C@H]2CCCCN2)CC1. The molecule has 0 aromatic rings. The van der Waals surface area contributed by atoms with E-state index in [1.807, 2.05) is 0 Å². The van der Waals surface area contributed by atoms with Gasteiger partial charge in [-0.1, -0.05) is 13.3 Å². The lowest BCUT2D eigenvalue weighted by atomic mass is 9.79. The van der Waals surface area contributed by atoms with E-state index in [2.05, 4.69) is 17.6 Å². The molecular formula is C14H26N2O2. The number of piperidine rings is 1. The van der Waals surface area contributed by atoms with Crippen LogP contribution in [0.15, 0.2) is 0 Å². The second-order valence-electron chi connectivity index (χ2n) is 6.13. The van der Waals surface area contributed by atoms with Crippen LogP contribution in [0, 0.1) is 5.92 Å². The molecule has 2 aliphatic rings. The summed E-state index contributed by atoms with van der Waals surface area (Å²) < 4.78 is 0. The van der Waals surface area contributed by atoms with Gasteiger partial charge in [-0.3, -0.25) is 4.79 Å². The zero-order chi connectivity index (χ0) is 13.0. The number of carbonyl (C=O) groups is 1. The van der Waals surface area contributed by atoms with E-state index in [4.69, 9.17) is 0 Å². The summed E-state index contributed by atoms with van der Waals surface area (Å²) in [6, 6.07) is -0.0511. The minimum atomic E-state index is -0.670. The van der Waals surface area contributed by atoms with E-state index in [1.165, 1.54) is 0 Å². The number of amides is 1. The van der Waals surface area contributed by atoms with Gasteiger partial charge >= 0.3 is 0 Å². The second-order valence-corrected chi connectivity index (χ2v) is 6.13. The Morgan fingerprint density at radius 1 is 1.33 bits per heavy atom. The minimum Gasteiger partial charge on any atom is -0.388 e. The van der Waals surface area contributed by atoms with E-state index in [9.17, 15) is 9.90 Å². The van der Waals surface area contributed by atoms with Crippen LogP contribution in [0.4, 0.5) is 0 Å². The van der Waals surface area contributed by atoms with E-state index in [-0.39, 0.29) is 11.9 Å². The first-order valence-electron chi connectivity index (χ1n) is 7.32. The van der Waals surface area contributed by atoms with Crippen molar-refractivity contribution in [3.8, 4) is 0 Å². The van der Waals surface area contributed by atoms with Crippen molar-refractivity contribution in [2.24, 2.45) is 5.92 Å². The number of hydrogen-bond donors (Lipinski definition) is 3. The number of nitrogens with one attached hydrogen (secondary N) is 2. The van der Waals surface area contributed by atoms with Gasteiger partial charge in [-0.05, 0) is 51.0 Å². The van der Waals surface area contributed by atoms with Gasteiger partial charge in [-0.15, -0.1) is 0 Å². The van der Waals surface area contributed by atoms with E-state index in [0.29, 0.717) is 12.5 Å². The molecule has 18 heavy (non-hydrogen) atoms. The molecule has 2 fully saturated rings. The smallest absolute Gasteiger partial charge is 0.237 e. The van der Waals surface area contributed by atoms with Crippen molar-refractivity contribution in [3.05, 3.63) is 0 Å². The third-order valence-electron chi connectivity index (χ3n) is 4.42. The fraction of sp³-hybridized carbons (Fsp3) is 0.929. The standard InChI is InChI=1S/C14H26N2O2/c1-11-5-7-14(18,8-6-11)10-16-13(17)12-4-2-3-9-15-12/h11-12,15,18H,2-10H2,1H3,(H,16,17)/t11?,12-,14?/m1/s1. The summed E-state index contributed by atoms with van der Waals surface area (Å²) in [5, 5.41) is 16.6. The highest BCUT2D eigenvalue weighted by Crippen LogP contribution is 2.31. The molecule has 104 valence electrons. The molecule has 1 aliphatic carbocycles. The van der Waals surface area contributed by atoms with Crippen LogP contribution in [-0.4, -0.2) is 35.7 Å². The van der Waals surface area contributed by atoms with Crippen molar-refractivity contribution in [3.63, 3.8) is 0 Å². The summed E-state index contributed by atoms with van der Waals surface area (Å²) in [5.41, 5.74) is -0.670. The van der Waals surface area contributed by atoms with Crippen molar-refractivity contribution in [2.45, 2.75) is 63.5 Å². The maximum absolute atomic E-state index is 12.0. The van der Waals surface area contributed by atoms with Crippen molar-refractivity contribution in [1.82, 2.24) is 10.6 Å². The summed E-state index contributed by atoms with van der Waals surface area (Å²) in [7, 11) is 0. The summed E-state index contributed by atoms with van der Waals surface area (Å²) in [5.74, 6) is 0.766. The zero-order valence-corrected chi connectivity index (χ0v) is 11.4. The Hall–Kier alpha value is -0.610. The predicted octanol–water partition coefficient (Wildman–Crippen LogP) is 1.19. The van der Waals surface area contributed by atoms with E-state index in [1.54, 1.807) is 0 Å². The Balaban J connectivity index is 1.74. The first-order chi connectivity index (χ1) is 8.59. The van der Waals surface area contributed by atoms with Gasteiger partial charge in [-0.2, -0.15) is 0 Å². The van der Waals surface area contributed by atoms with Gasteiger partial charge in [0.1, 0.15) is 0 Å². The molecule has 2 rings (SSSR count). The van der Waals surface area contributed by atoms with Crippen LogP contribution in [0.2, 0.25) is 0 Å². The van der Waals surface area contributed by atoms with Gasteiger partial charge in [0, 0.05) is 6.54 Å². The summed E-state index contributed by atoms with van der Waals surface area (Å²) >= 11 is 0. The lowest BCUT2D eigenvalue weighted by Gasteiger charge is -2.35. The largest absolute Gasteiger partial charge is 0.388 e. The quantitative estimate of drug-likeness (QED) is 0.709. The molecular weight excluding hydrogens is 228 g/mol. The van der Waals surface area contributed by atoms with E-state index >= 15 is 0 Å². The Morgan fingerprint density at radius 3 is 2.67 bits per heavy atom. The molecule has 1 atom stereocenters. The molecule has 3 N–H and O–H groups in total. The Bertz CT molecular complexity index is 280. The molecule has 4 heteroatoms. The molecule has 0 bridgehead atoms. The van der Waals surface area contributed by atoms with Crippen molar-refractivity contribution in [1.29, 1.82) is 0 Å². The highest BCUT2D eigenvalue weighted by Gasteiger charge is 2.32. The fourth-order valence-electron chi connectivity index (χ4n) is 2.93. The topological polar surface area (TPSA) is 61.4 Å². The van der Waals surface area contributed by atoms with Gasteiger partial charge in [0.25, 0.3) is 0 Å². The predicted molar refractivity (Wildman–Crippen MR) is 71.2 cm³/mol. The highest BCUT2D eigenvalue weighted by molar-refractivity contribution is 5.81. The fourth-order valence-corrected chi connectivity index (χ4v) is 2.93. The van der Waals surface area contributed by atoms with Crippen molar-refractivity contribution in [2.75, 3.05) is 13.1 Å². The Morgan fingerprint density at radius 2 is 2.06 bits per heavy atom. The van der Waals surface area contributed by atoms with Crippen LogP contribution in [0.1, 0.15) is 51.9 Å². The van der Waals surface area contributed by atoms with Crippen LogP contribution in [0.25, 0.3) is 0 Å². The van der Waals surface area contributed by atoms with Crippen LogP contribution in [0.3, 0.4) is 0 Å². The summed E-state index contributed by atoms with van der Waals surface area (Å²) in [6.45, 7) is 3.57. The first kappa shape index (κ1) is 13.8. The Labute approximate surface area is 110 Å². The van der Waals surface area contributed by atoms with Crippen LogP contribution in [-0.2, 0) is 4.79 Å². The van der Waals surface area contributed by atoms with Crippen molar-refractivity contribution >= 4 is 5.91 Å². The van der Waals surface area contributed by atoms with Gasteiger partial charge in [0.2, 0.25) is 5.91 Å². The molecule has 1 aliphatic heterocycles. The summed E-state index contributed by atoms with van der Waals surface area (Å²) in [6.07, 6.45) is 6.95. The zero-order valence-electron chi connectivity index (χ0n) is 11.4. The van der Waals surface area contributed by atoms with Gasteiger partial charge in [0.15, 0.2) is 0 Å². The average molecular weight is 254 g/mol. The Kier molecular flexibility index (Phi) is 4.62. The van der Waals surface area contributed by atoms with Gasteiger partial charge in [0.05, 0.1) is 11.6 Å². The molecule has 1 heterocycles. The van der Waals surface area contributed by atoms with Gasteiger partial charge < -0.3 is 15.7 Å². The highest BCUT2D eigenvalue weighted by atomic mass is 16.3. The molecule has 0 aromatic carbocycles.